The Morgan fingerprint density at radius 3 is 2.36 bits per heavy atom. The van der Waals surface area contributed by atoms with Gasteiger partial charge in [0.2, 0.25) is 0 Å². The van der Waals surface area contributed by atoms with Gasteiger partial charge in [-0.2, -0.15) is 0 Å². The van der Waals surface area contributed by atoms with E-state index in [9.17, 15) is 0 Å². The largest absolute Gasteiger partial charge is 0.493 e. The second-order valence-electron chi connectivity index (χ2n) is 6.70. The molecule has 1 aromatic heterocycles. The fraction of sp³-hybridized carbons (Fsp3) is 0.208. The summed E-state index contributed by atoms with van der Waals surface area (Å²) in [4.78, 5) is 4.81. The lowest BCUT2D eigenvalue weighted by molar-refractivity contribution is 0.271. The van der Waals surface area contributed by atoms with Crippen molar-refractivity contribution in [3.8, 4) is 11.5 Å². The van der Waals surface area contributed by atoms with Gasteiger partial charge in [-0.25, -0.2) is 4.98 Å². The highest BCUT2D eigenvalue weighted by Crippen LogP contribution is 2.27. The molecular formula is C24H24N2O2. The van der Waals surface area contributed by atoms with Crippen LogP contribution in [-0.4, -0.2) is 16.7 Å². The summed E-state index contributed by atoms with van der Waals surface area (Å²) in [6.45, 7) is 1.31. The summed E-state index contributed by atoms with van der Waals surface area (Å²) in [7, 11) is 1.65. The lowest BCUT2D eigenvalue weighted by Gasteiger charge is -2.12. The number of para-hydroxylation sites is 4. The third kappa shape index (κ3) is 4.01. The molecule has 1 heterocycles. The molecule has 4 heteroatoms. The maximum Gasteiger partial charge on any atom is 0.161 e. The Labute approximate surface area is 165 Å². The Morgan fingerprint density at radius 2 is 1.54 bits per heavy atom. The number of imidazole rings is 1. The molecule has 3 aromatic carbocycles. The molecular weight excluding hydrogens is 348 g/mol. The van der Waals surface area contributed by atoms with Crippen LogP contribution < -0.4 is 9.47 Å². The van der Waals surface area contributed by atoms with Crippen molar-refractivity contribution in [2.24, 2.45) is 0 Å². The third-order valence-corrected chi connectivity index (χ3v) is 4.85. The zero-order valence-electron chi connectivity index (χ0n) is 16.0. The van der Waals surface area contributed by atoms with Gasteiger partial charge >= 0.3 is 0 Å². The van der Waals surface area contributed by atoms with Crippen molar-refractivity contribution in [1.82, 2.24) is 9.55 Å². The summed E-state index contributed by atoms with van der Waals surface area (Å²) in [5.74, 6) is 2.39. The standard InChI is InChI=1S/C24H24N2O2/c1-27-22-15-7-8-16-23(22)28-18-24-25-20-13-5-6-14-21(20)26(24)17-9-12-19-10-3-2-4-11-19/h2-8,10-11,13-16H,9,12,17-18H2,1H3. The average Bonchev–Trinajstić information content (AvgIpc) is 3.11. The van der Waals surface area contributed by atoms with Crippen LogP contribution in [0.15, 0.2) is 78.9 Å². The van der Waals surface area contributed by atoms with Gasteiger partial charge in [0.25, 0.3) is 0 Å². The molecule has 0 spiro atoms. The molecule has 28 heavy (non-hydrogen) atoms. The van der Waals surface area contributed by atoms with Crippen LogP contribution in [0.2, 0.25) is 0 Å². The van der Waals surface area contributed by atoms with Crippen LogP contribution in [0.5, 0.6) is 11.5 Å². The van der Waals surface area contributed by atoms with Crippen molar-refractivity contribution in [2.75, 3.05) is 7.11 Å². The number of benzene rings is 3. The summed E-state index contributed by atoms with van der Waals surface area (Å²) in [5, 5.41) is 0. The number of ether oxygens (including phenoxy) is 2. The van der Waals surface area contributed by atoms with Gasteiger partial charge < -0.3 is 14.0 Å². The first-order valence-corrected chi connectivity index (χ1v) is 9.59. The van der Waals surface area contributed by atoms with E-state index < -0.39 is 0 Å². The molecule has 4 nitrogen and oxygen atoms in total. The molecule has 0 aliphatic carbocycles. The predicted octanol–water partition coefficient (Wildman–Crippen LogP) is 5.26. The fourth-order valence-corrected chi connectivity index (χ4v) is 3.45. The molecule has 0 bridgehead atoms. The normalized spacial score (nSPS) is 10.9. The van der Waals surface area contributed by atoms with Crippen LogP contribution >= 0.6 is 0 Å². The van der Waals surface area contributed by atoms with Crippen LogP contribution in [0.4, 0.5) is 0 Å². The van der Waals surface area contributed by atoms with Crippen LogP contribution in [-0.2, 0) is 19.6 Å². The van der Waals surface area contributed by atoms with Crippen LogP contribution in [0.25, 0.3) is 11.0 Å². The molecule has 0 radical (unpaired) electrons. The van der Waals surface area contributed by atoms with Crippen LogP contribution in [0.1, 0.15) is 17.8 Å². The zero-order chi connectivity index (χ0) is 19.2. The van der Waals surface area contributed by atoms with Gasteiger partial charge in [0, 0.05) is 6.54 Å². The van der Waals surface area contributed by atoms with E-state index in [2.05, 4.69) is 53.1 Å². The number of aromatic nitrogens is 2. The van der Waals surface area contributed by atoms with Gasteiger partial charge in [-0.1, -0.05) is 54.6 Å². The maximum absolute atomic E-state index is 6.04. The van der Waals surface area contributed by atoms with Crippen LogP contribution in [0, 0.1) is 0 Å². The van der Waals surface area contributed by atoms with Crippen molar-refractivity contribution in [3.05, 3.63) is 90.3 Å². The quantitative estimate of drug-likeness (QED) is 0.423. The van der Waals surface area contributed by atoms with Crippen molar-refractivity contribution in [1.29, 1.82) is 0 Å². The monoisotopic (exact) mass is 372 g/mol. The number of hydrogen-bond acceptors (Lipinski definition) is 3. The highest BCUT2D eigenvalue weighted by molar-refractivity contribution is 5.75. The van der Waals surface area contributed by atoms with Crippen molar-refractivity contribution < 1.29 is 9.47 Å². The Kier molecular flexibility index (Phi) is 5.57. The average molecular weight is 372 g/mol. The number of rotatable bonds is 8. The van der Waals surface area contributed by atoms with Gasteiger partial charge in [0.05, 0.1) is 18.1 Å². The number of nitrogens with zero attached hydrogens (tertiary/aromatic N) is 2. The number of hydrogen-bond donors (Lipinski definition) is 0. The molecule has 0 aliphatic heterocycles. The number of aryl methyl sites for hydroxylation is 2. The second kappa shape index (κ2) is 8.61. The molecule has 142 valence electrons. The third-order valence-electron chi connectivity index (χ3n) is 4.85. The molecule has 0 fully saturated rings. The maximum atomic E-state index is 6.04. The summed E-state index contributed by atoms with van der Waals surface area (Å²) in [6, 6.07) is 26.5. The van der Waals surface area contributed by atoms with E-state index >= 15 is 0 Å². The molecule has 0 amide bonds. The number of methoxy groups -OCH3 is 1. The minimum absolute atomic E-state index is 0.403. The lowest BCUT2D eigenvalue weighted by Crippen LogP contribution is -2.08. The second-order valence-corrected chi connectivity index (χ2v) is 6.70. The fourth-order valence-electron chi connectivity index (χ4n) is 3.45. The molecule has 0 N–H and O–H groups in total. The SMILES string of the molecule is COc1ccccc1OCc1nc2ccccc2n1CCCc1ccccc1. The number of fused-ring (bicyclic) bond motifs is 1. The first-order valence-electron chi connectivity index (χ1n) is 9.59. The minimum atomic E-state index is 0.403. The molecule has 0 aliphatic rings. The molecule has 0 unspecified atom stereocenters. The van der Waals surface area contributed by atoms with Gasteiger partial charge in [0.15, 0.2) is 11.5 Å². The molecule has 0 saturated heterocycles. The van der Waals surface area contributed by atoms with E-state index in [0.29, 0.717) is 6.61 Å². The van der Waals surface area contributed by atoms with E-state index in [4.69, 9.17) is 14.5 Å². The molecule has 0 saturated carbocycles. The van der Waals surface area contributed by atoms with Gasteiger partial charge in [-0.3, -0.25) is 0 Å². The van der Waals surface area contributed by atoms with Gasteiger partial charge in [-0.15, -0.1) is 0 Å². The van der Waals surface area contributed by atoms with Crippen molar-refractivity contribution >= 4 is 11.0 Å². The van der Waals surface area contributed by atoms with E-state index in [-0.39, 0.29) is 0 Å². The predicted molar refractivity (Wildman–Crippen MR) is 112 cm³/mol. The van der Waals surface area contributed by atoms with E-state index in [0.717, 1.165) is 47.7 Å². The molecule has 0 atom stereocenters. The highest BCUT2D eigenvalue weighted by atomic mass is 16.5. The topological polar surface area (TPSA) is 36.3 Å². The summed E-state index contributed by atoms with van der Waals surface area (Å²) in [5.41, 5.74) is 3.51. The minimum Gasteiger partial charge on any atom is -0.493 e. The van der Waals surface area contributed by atoms with E-state index in [1.54, 1.807) is 7.11 Å². The summed E-state index contributed by atoms with van der Waals surface area (Å²) in [6.07, 6.45) is 2.09. The lowest BCUT2D eigenvalue weighted by atomic mass is 10.1. The Bertz CT molecular complexity index is 1040. The van der Waals surface area contributed by atoms with Crippen molar-refractivity contribution in [3.63, 3.8) is 0 Å². The van der Waals surface area contributed by atoms with Crippen molar-refractivity contribution in [2.45, 2.75) is 26.0 Å². The zero-order valence-corrected chi connectivity index (χ0v) is 16.0. The Balaban J connectivity index is 1.53. The molecule has 4 aromatic rings. The first kappa shape index (κ1) is 18.1. The highest BCUT2D eigenvalue weighted by Gasteiger charge is 2.12. The van der Waals surface area contributed by atoms with Gasteiger partial charge in [-0.05, 0) is 42.7 Å². The van der Waals surface area contributed by atoms with E-state index in [1.165, 1.54) is 5.56 Å². The van der Waals surface area contributed by atoms with E-state index in [1.807, 2.05) is 30.3 Å². The van der Waals surface area contributed by atoms with Crippen LogP contribution in [0.3, 0.4) is 0 Å². The molecule has 4 rings (SSSR count). The smallest absolute Gasteiger partial charge is 0.161 e. The first-order chi connectivity index (χ1) is 13.8. The Morgan fingerprint density at radius 1 is 0.821 bits per heavy atom. The summed E-state index contributed by atoms with van der Waals surface area (Å²) < 4.78 is 13.7. The Hall–Kier alpha value is -3.27. The summed E-state index contributed by atoms with van der Waals surface area (Å²) >= 11 is 0. The van der Waals surface area contributed by atoms with Gasteiger partial charge in [0.1, 0.15) is 12.4 Å².